The molecule has 1 atom stereocenters. The Morgan fingerprint density at radius 2 is 2.38 bits per heavy atom. The van der Waals surface area contributed by atoms with Crippen molar-refractivity contribution in [2.24, 2.45) is 5.73 Å². The smallest absolute Gasteiger partial charge is 0.274 e. The SMILES string of the molecule is CN(C)CC1CCCN1C(=O)c1ncccc1C#CCN. The van der Waals surface area contributed by atoms with E-state index in [2.05, 4.69) is 21.7 Å². The molecule has 2 heterocycles. The number of aromatic nitrogens is 1. The van der Waals surface area contributed by atoms with Crippen LogP contribution < -0.4 is 5.73 Å². The molecule has 0 radical (unpaired) electrons. The molecule has 1 aliphatic heterocycles. The molecule has 2 N–H and O–H groups in total. The van der Waals surface area contributed by atoms with Crippen LogP contribution >= 0.6 is 0 Å². The van der Waals surface area contributed by atoms with E-state index in [0.29, 0.717) is 11.3 Å². The Morgan fingerprint density at radius 1 is 1.57 bits per heavy atom. The first-order valence-electron chi connectivity index (χ1n) is 7.23. The number of pyridine rings is 1. The van der Waals surface area contributed by atoms with Crippen molar-refractivity contribution in [3.63, 3.8) is 0 Å². The van der Waals surface area contributed by atoms with Crippen molar-refractivity contribution >= 4 is 5.91 Å². The zero-order valence-corrected chi connectivity index (χ0v) is 12.7. The van der Waals surface area contributed by atoms with Gasteiger partial charge in [0.2, 0.25) is 0 Å². The Kier molecular flexibility index (Phi) is 5.32. The largest absolute Gasteiger partial charge is 0.333 e. The standard InChI is InChI=1S/C16H22N4O/c1-19(2)12-14-8-5-11-20(14)16(21)15-13(6-3-9-17)7-4-10-18-15/h4,7,10,14H,5,8-9,11-12,17H2,1-2H3. The van der Waals surface area contributed by atoms with E-state index in [1.54, 1.807) is 12.3 Å². The molecule has 5 heteroatoms. The Hall–Kier alpha value is -1.90. The molecular weight excluding hydrogens is 264 g/mol. The van der Waals surface area contributed by atoms with Gasteiger partial charge in [-0.25, -0.2) is 4.98 Å². The van der Waals surface area contributed by atoms with Crippen molar-refractivity contribution < 1.29 is 4.79 Å². The van der Waals surface area contributed by atoms with E-state index in [1.165, 1.54) is 0 Å². The van der Waals surface area contributed by atoms with Crippen molar-refractivity contribution in [3.05, 3.63) is 29.6 Å². The summed E-state index contributed by atoms with van der Waals surface area (Å²) < 4.78 is 0. The molecule has 1 unspecified atom stereocenters. The second-order valence-electron chi connectivity index (χ2n) is 5.46. The van der Waals surface area contributed by atoms with Crippen LogP contribution in [0, 0.1) is 11.8 Å². The molecule has 21 heavy (non-hydrogen) atoms. The number of likely N-dealkylation sites (tertiary alicyclic amines) is 1. The maximum absolute atomic E-state index is 12.8. The Bertz CT molecular complexity index is 559. The highest BCUT2D eigenvalue weighted by atomic mass is 16.2. The number of carbonyl (C=O) groups excluding carboxylic acids is 1. The summed E-state index contributed by atoms with van der Waals surface area (Å²) >= 11 is 0. The highest BCUT2D eigenvalue weighted by Gasteiger charge is 2.31. The van der Waals surface area contributed by atoms with Gasteiger partial charge in [0, 0.05) is 25.3 Å². The highest BCUT2D eigenvalue weighted by Crippen LogP contribution is 2.21. The molecule has 1 fully saturated rings. The number of carbonyl (C=O) groups is 1. The average Bonchev–Trinajstić information content (AvgIpc) is 2.92. The lowest BCUT2D eigenvalue weighted by Gasteiger charge is -2.27. The molecular formula is C16H22N4O. The minimum atomic E-state index is -0.0266. The zero-order chi connectivity index (χ0) is 15.2. The third kappa shape index (κ3) is 3.81. The molecule has 1 aliphatic rings. The van der Waals surface area contributed by atoms with Crippen LogP contribution in [0.4, 0.5) is 0 Å². The summed E-state index contributed by atoms with van der Waals surface area (Å²) in [5.74, 6) is 5.70. The predicted octanol–water partition coefficient (Wildman–Crippen LogP) is 0.558. The maximum atomic E-state index is 12.8. The fourth-order valence-electron chi connectivity index (χ4n) is 2.67. The van der Waals surface area contributed by atoms with Crippen LogP contribution in [0.2, 0.25) is 0 Å². The first-order valence-corrected chi connectivity index (χ1v) is 7.23. The van der Waals surface area contributed by atoms with Crippen molar-refractivity contribution in [3.8, 4) is 11.8 Å². The molecule has 112 valence electrons. The van der Waals surface area contributed by atoms with Crippen molar-refractivity contribution in [1.82, 2.24) is 14.8 Å². The topological polar surface area (TPSA) is 62.5 Å². The molecule has 1 amide bonds. The van der Waals surface area contributed by atoms with Gasteiger partial charge in [-0.05, 0) is 39.1 Å². The Morgan fingerprint density at radius 3 is 3.10 bits per heavy atom. The number of amides is 1. The maximum Gasteiger partial charge on any atom is 0.274 e. The second-order valence-corrected chi connectivity index (χ2v) is 5.46. The normalized spacial score (nSPS) is 17.7. The van der Waals surface area contributed by atoms with Crippen LogP contribution in [0.15, 0.2) is 18.3 Å². The molecule has 1 saturated heterocycles. The minimum Gasteiger partial charge on any atom is -0.333 e. The lowest BCUT2D eigenvalue weighted by Crippen LogP contribution is -2.41. The molecule has 1 aromatic rings. The van der Waals surface area contributed by atoms with Crippen LogP contribution in [-0.4, -0.2) is 60.5 Å². The first-order chi connectivity index (χ1) is 10.1. The monoisotopic (exact) mass is 286 g/mol. The number of rotatable bonds is 3. The molecule has 0 spiro atoms. The fraction of sp³-hybridized carbons (Fsp3) is 0.500. The van der Waals surface area contributed by atoms with Crippen LogP contribution in [0.25, 0.3) is 0 Å². The van der Waals surface area contributed by atoms with Gasteiger partial charge >= 0.3 is 0 Å². The van der Waals surface area contributed by atoms with Gasteiger partial charge in [0.15, 0.2) is 0 Å². The third-order valence-corrected chi connectivity index (χ3v) is 3.55. The number of hydrogen-bond acceptors (Lipinski definition) is 4. The van der Waals surface area contributed by atoms with E-state index in [9.17, 15) is 4.79 Å². The lowest BCUT2D eigenvalue weighted by atomic mass is 10.1. The molecule has 0 bridgehead atoms. The van der Waals surface area contributed by atoms with E-state index in [1.807, 2.05) is 25.1 Å². The fourth-order valence-corrected chi connectivity index (χ4v) is 2.67. The van der Waals surface area contributed by atoms with Crippen molar-refractivity contribution in [2.75, 3.05) is 33.7 Å². The van der Waals surface area contributed by atoms with E-state index in [0.717, 1.165) is 25.9 Å². The van der Waals surface area contributed by atoms with Gasteiger partial charge in [-0.1, -0.05) is 11.8 Å². The number of hydrogen-bond donors (Lipinski definition) is 1. The second kappa shape index (κ2) is 7.21. The van der Waals surface area contributed by atoms with E-state index in [4.69, 9.17) is 5.73 Å². The number of nitrogens with zero attached hydrogens (tertiary/aromatic N) is 3. The summed E-state index contributed by atoms with van der Waals surface area (Å²) in [6.07, 6.45) is 3.72. The Labute approximate surface area is 126 Å². The number of likely N-dealkylation sites (N-methyl/N-ethyl adjacent to an activating group) is 1. The summed E-state index contributed by atoms with van der Waals surface area (Å²) in [6.45, 7) is 1.94. The average molecular weight is 286 g/mol. The predicted molar refractivity (Wildman–Crippen MR) is 82.8 cm³/mol. The number of nitrogens with two attached hydrogens (primary N) is 1. The molecule has 0 saturated carbocycles. The molecule has 2 rings (SSSR count). The summed E-state index contributed by atoms with van der Waals surface area (Å²) in [6, 6.07) is 3.86. The van der Waals surface area contributed by atoms with E-state index in [-0.39, 0.29) is 18.5 Å². The summed E-state index contributed by atoms with van der Waals surface area (Å²) in [7, 11) is 4.06. The third-order valence-electron chi connectivity index (χ3n) is 3.55. The van der Waals surface area contributed by atoms with Gasteiger partial charge in [-0.2, -0.15) is 0 Å². The Balaban J connectivity index is 2.23. The first kappa shape index (κ1) is 15.5. The van der Waals surface area contributed by atoms with Gasteiger partial charge in [-0.3, -0.25) is 4.79 Å². The lowest BCUT2D eigenvalue weighted by molar-refractivity contribution is 0.0710. The summed E-state index contributed by atoms with van der Waals surface area (Å²) in [5, 5.41) is 0. The van der Waals surface area contributed by atoms with Crippen molar-refractivity contribution in [2.45, 2.75) is 18.9 Å². The van der Waals surface area contributed by atoms with E-state index >= 15 is 0 Å². The van der Waals surface area contributed by atoms with Crippen molar-refractivity contribution in [1.29, 1.82) is 0 Å². The zero-order valence-electron chi connectivity index (χ0n) is 12.7. The molecule has 0 aliphatic carbocycles. The van der Waals surface area contributed by atoms with Gasteiger partial charge in [0.1, 0.15) is 5.69 Å². The van der Waals surface area contributed by atoms with Gasteiger partial charge < -0.3 is 15.5 Å². The van der Waals surface area contributed by atoms with Crippen LogP contribution in [0.3, 0.4) is 0 Å². The van der Waals surface area contributed by atoms with Crippen LogP contribution in [-0.2, 0) is 0 Å². The van der Waals surface area contributed by atoms with Gasteiger partial charge in [0.25, 0.3) is 5.91 Å². The molecule has 5 nitrogen and oxygen atoms in total. The summed E-state index contributed by atoms with van der Waals surface area (Å²) in [4.78, 5) is 21.1. The molecule has 1 aromatic heterocycles. The van der Waals surface area contributed by atoms with Gasteiger partial charge in [0.05, 0.1) is 12.1 Å². The highest BCUT2D eigenvalue weighted by molar-refractivity contribution is 5.95. The minimum absolute atomic E-state index is 0.0266. The van der Waals surface area contributed by atoms with Crippen LogP contribution in [0.5, 0.6) is 0 Å². The quantitative estimate of drug-likeness (QED) is 0.825. The van der Waals surface area contributed by atoms with E-state index < -0.39 is 0 Å². The molecule has 0 aromatic carbocycles. The van der Waals surface area contributed by atoms with Gasteiger partial charge in [-0.15, -0.1) is 0 Å². The van der Waals surface area contributed by atoms with Crippen LogP contribution in [0.1, 0.15) is 28.9 Å². The summed E-state index contributed by atoms with van der Waals surface area (Å²) in [5.41, 5.74) is 6.50.